The number of hydrogen-bond donors (Lipinski definition) is 2. The van der Waals surface area contributed by atoms with Gasteiger partial charge >= 0.3 is 11.8 Å². The van der Waals surface area contributed by atoms with Gasteiger partial charge in [0.2, 0.25) is 0 Å². The van der Waals surface area contributed by atoms with Crippen LogP contribution in [0.4, 0.5) is 11.4 Å². The van der Waals surface area contributed by atoms with E-state index in [0.29, 0.717) is 31.1 Å². The molecule has 3 amide bonds. The van der Waals surface area contributed by atoms with Gasteiger partial charge < -0.3 is 24.9 Å². The normalized spacial score (nSPS) is 13.2. The van der Waals surface area contributed by atoms with E-state index in [4.69, 9.17) is 4.42 Å². The molecule has 28 heavy (non-hydrogen) atoms. The molecule has 0 atom stereocenters. The number of benzene rings is 1. The van der Waals surface area contributed by atoms with Gasteiger partial charge in [0.1, 0.15) is 0 Å². The van der Waals surface area contributed by atoms with Crippen molar-refractivity contribution in [1.29, 1.82) is 0 Å². The predicted molar refractivity (Wildman–Crippen MR) is 105 cm³/mol. The molecule has 2 N–H and O–H groups in total. The van der Waals surface area contributed by atoms with E-state index in [9.17, 15) is 14.4 Å². The third kappa shape index (κ3) is 4.58. The Morgan fingerprint density at radius 2 is 2.00 bits per heavy atom. The first-order valence-corrected chi connectivity index (χ1v) is 9.18. The van der Waals surface area contributed by atoms with E-state index in [-0.39, 0.29) is 5.91 Å². The zero-order chi connectivity index (χ0) is 20.1. The molecule has 8 nitrogen and oxygen atoms in total. The van der Waals surface area contributed by atoms with Gasteiger partial charge in [-0.1, -0.05) is 0 Å². The largest absolute Gasteiger partial charge is 0.459 e. The van der Waals surface area contributed by atoms with Crippen molar-refractivity contribution in [2.45, 2.75) is 12.8 Å². The molecule has 0 spiro atoms. The molecule has 0 saturated carbocycles. The fourth-order valence-electron chi connectivity index (χ4n) is 3.08. The molecule has 0 radical (unpaired) electrons. The zero-order valence-corrected chi connectivity index (χ0v) is 16.0. The van der Waals surface area contributed by atoms with E-state index in [2.05, 4.69) is 10.6 Å². The second kappa shape index (κ2) is 8.71. The molecule has 2 heterocycles. The van der Waals surface area contributed by atoms with Crippen LogP contribution in [0.1, 0.15) is 22.5 Å². The summed E-state index contributed by atoms with van der Waals surface area (Å²) >= 11 is 0. The highest BCUT2D eigenvalue weighted by atomic mass is 16.3. The van der Waals surface area contributed by atoms with Crippen LogP contribution < -0.4 is 15.5 Å². The van der Waals surface area contributed by atoms with E-state index in [1.807, 2.05) is 25.1 Å². The summed E-state index contributed by atoms with van der Waals surface area (Å²) in [5.74, 6) is -1.28. The van der Waals surface area contributed by atoms with Crippen molar-refractivity contribution in [3.8, 4) is 0 Å². The minimum Gasteiger partial charge on any atom is -0.459 e. The summed E-state index contributed by atoms with van der Waals surface area (Å²) in [5.41, 5.74) is 2.26. The molecule has 1 aromatic heterocycles. The number of hydrogen-bond acceptors (Lipinski definition) is 5. The van der Waals surface area contributed by atoms with E-state index >= 15 is 0 Å². The zero-order valence-electron chi connectivity index (χ0n) is 16.0. The molecule has 0 saturated heterocycles. The average Bonchev–Trinajstić information content (AvgIpc) is 3.21. The number of likely N-dealkylation sites (N-methyl/N-ethyl adjacent to an activating group) is 1. The number of carbonyl (C=O) groups is 3. The number of nitrogens with zero attached hydrogens (tertiary/aromatic N) is 2. The summed E-state index contributed by atoms with van der Waals surface area (Å²) in [6.07, 6.45) is 3.07. The second-order valence-electron chi connectivity index (χ2n) is 6.89. The fourth-order valence-corrected chi connectivity index (χ4v) is 3.08. The molecule has 8 heteroatoms. The molecule has 148 valence electrons. The topological polar surface area (TPSA) is 94.9 Å². The lowest BCUT2D eigenvalue weighted by Crippen LogP contribution is -2.39. The highest BCUT2D eigenvalue weighted by molar-refractivity contribution is 6.39. The smallest absolute Gasteiger partial charge is 0.313 e. The molecule has 0 fully saturated rings. The first-order chi connectivity index (χ1) is 13.5. The van der Waals surface area contributed by atoms with Crippen LogP contribution in [-0.4, -0.2) is 56.4 Å². The predicted octanol–water partition coefficient (Wildman–Crippen LogP) is 1.49. The van der Waals surface area contributed by atoms with Crippen LogP contribution in [0.15, 0.2) is 41.0 Å². The van der Waals surface area contributed by atoms with Gasteiger partial charge in [-0.05, 0) is 62.8 Å². The van der Waals surface area contributed by atoms with Crippen LogP contribution in [-0.2, 0) is 16.0 Å². The number of rotatable bonds is 5. The summed E-state index contributed by atoms with van der Waals surface area (Å²) in [7, 11) is 3.78. The van der Waals surface area contributed by atoms with Crippen LogP contribution in [0, 0.1) is 0 Å². The maximum Gasteiger partial charge on any atom is 0.313 e. The lowest BCUT2D eigenvalue weighted by atomic mass is 10.0. The van der Waals surface area contributed by atoms with Crippen LogP contribution in [0.25, 0.3) is 0 Å². The van der Waals surface area contributed by atoms with Gasteiger partial charge in [0.25, 0.3) is 5.91 Å². The summed E-state index contributed by atoms with van der Waals surface area (Å²) in [4.78, 5) is 40.2. The summed E-state index contributed by atoms with van der Waals surface area (Å²) in [6, 6.07) is 8.61. The van der Waals surface area contributed by atoms with E-state index in [0.717, 1.165) is 24.1 Å². The Morgan fingerprint density at radius 3 is 2.71 bits per heavy atom. The number of anilines is 2. The average molecular weight is 384 g/mol. The van der Waals surface area contributed by atoms with Gasteiger partial charge in [0.15, 0.2) is 5.76 Å². The Labute approximate surface area is 163 Å². The molecule has 1 aromatic carbocycles. The van der Waals surface area contributed by atoms with Crippen molar-refractivity contribution in [3.05, 3.63) is 47.9 Å². The van der Waals surface area contributed by atoms with Crippen molar-refractivity contribution in [1.82, 2.24) is 10.2 Å². The van der Waals surface area contributed by atoms with Crippen molar-refractivity contribution < 1.29 is 18.8 Å². The van der Waals surface area contributed by atoms with E-state index in [1.54, 1.807) is 29.2 Å². The maximum absolute atomic E-state index is 12.6. The number of amides is 3. The van der Waals surface area contributed by atoms with Gasteiger partial charge in [0.05, 0.1) is 6.26 Å². The van der Waals surface area contributed by atoms with Crippen LogP contribution in [0.3, 0.4) is 0 Å². The SMILES string of the molecule is CN(C)CCNC(=O)C(=O)Nc1ccc2c(c1)CCCN2C(=O)c1ccco1. The van der Waals surface area contributed by atoms with Crippen molar-refractivity contribution in [2.24, 2.45) is 0 Å². The first kappa shape index (κ1) is 19.6. The molecule has 0 aliphatic carbocycles. The highest BCUT2D eigenvalue weighted by Crippen LogP contribution is 2.31. The van der Waals surface area contributed by atoms with Crippen LogP contribution in [0.5, 0.6) is 0 Å². The lowest BCUT2D eigenvalue weighted by Gasteiger charge is -2.29. The van der Waals surface area contributed by atoms with Crippen LogP contribution in [0.2, 0.25) is 0 Å². The Bertz CT molecular complexity index is 861. The summed E-state index contributed by atoms with van der Waals surface area (Å²) < 4.78 is 5.22. The molecule has 2 aromatic rings. The molecule has 1 aliphatic rings. The Hall–Kier alpha value is -3.13. The second-order valence-corrected chi connectivity index (χ2v) is 6.89. The van der Waals surface area contributed by atoms with Gasteiger partial charge in [-0.3, -0.25) is 14.4 Å². The highest BCUT2D eigenvalue weighted by Gasteiger charge is 2.25. The maximum atomic E-state index is 12.6. The van der Waals surface area contributed by atoms with Gasteiger partial charge in [-0.2, -0.15) is 0 Å². The number of nitrogens with one attached hydrogen (secondary N) is 2. The Balaban J connectivity index is 1.67. The monoisotopic (exact) mass is 384 g/mol. The molecule has 3 rings (SSSR count). The standard InChI is InChI=1S/C20H24N4O4/c1-23(2)11-9-21-18(25)19(26)22-15-7-8-16-14(13-15)5-3-10-24(16)20(27)17-6-4-12-28-17/h4,6-8,12-13H,3,5,9-11H2,1-2H3,(H,21,25)(H,22,26). The van der Waals surface area contributed by atoms with Crippen molar-refractivity contribution >= 4 is 29.1 Å². The van der Waals surface area contributed by atoms with E-state index < -0.39 is 11.8 Å². The van der Waals surface area contributed by atoms with Gasteiger partial charge in [0, 0.05) is 31.0 Å². The molecular formula is C20H24N4O4. The third-order valence-corrected chi connectivity index (χ3v) is 4.48. The number of carbonyl (C=O) groups excluding carboxylic acids is 3. The van der Waals surface area contributed by atoms with Crippen molar-refractivity contribution in [2.75, 3.05) is 43.9 Å². The summed E-state index contributed by atoms with van der Waals surface area (Å²) in [6.45, 7) is 1.65. The molecule has 0 unspecified atom stereocenters. The van der Waals surface area contributed by atoms with E-state index in [1.165, 1.54) is 6.26 Å². The van der Waals surface area contributed by atoms with Gasteiger partial charge in [-0.15, -0.1) is 0 Å². The summed E-state index contributed by atoms with van der Waals surface area (Å²) in [5, 5.41) is 5.19. The molecule has 0 bridgehead atoms. The number of furan rings is 1. The third-order valence-electron chi connectivity index (χ3n) is 4.48. The number of aryl methyl sites for hydroxylation is 1. The van der Waals surface area contributed by atoms with Gasteiger partial charge in [-0.25, -0.2) is 0 Å². The fraction of sp³-hybridized carbons (Fsp3) is 0.350. The minimum atomic E-state index is -0.710. The molecule has 1 aliphatic heterocycles. The van der Waals surface area contributed by atoms with Crippen LogP contribution >= 0.6 is 0 Å². The Morgan fingerprint density at radius 1 is 1.18 bits per heavy atom. The first-order valence-electron chi connectivity index (χ1n) is 9.18. The molecular weight excluding hydrogens is 360 g/mol. The Kier molecular flexibility index (Phi) is 6.10. The number of fused-ring (bicyclic) bond motifs is 1. The quantitative estimate of drug-likeness (QED) is 0.762. The lowest BCUT2D eigenvalue weighted by molar-refractivity contribution is -0.136. The minimum absolute atomic E-state index is 0.192. The van der Waals surface area contributed by atoms with Crippen molar-refractivity contribution in [3.63, 3.8) is 0 Å².